The largest absolute Gasteiger partial charge is 0.348 e. The lowest BCUT2D eigenvalue weighted by atomic mass is 10.1. The van der Waals surface area contributed by atoms with Gasteiger partial charge in [0.15, 0.2) is 4.90 Å². The summed E-state index contributed by atoms with van der Waals surface area (Å²) in [6.45, 7) is 1.26. The molecule has 1 amide bonds. The number of anilines is 1. The van der Waals surface area contributed by atoms with Gasteiger partial charge in [0.25, 0.3) is 15.7 Å². The molecule has 0 aromatic heterocycles. The number of benzene rings is 3. The minimum absolute atomic E-state index is 0.225. The van der Waals surface area contributed by atoms with Crippen LogP contribution in [0.4, 0.5) is 11.4 Å². The van der Waals surface area contributed by atoms with Gasteiger partial charge in [0, 0.05) is 6.07 Å². The van der Waals surface area contributed by atoms with E-state index in [9.17, 15) is 23.3 Å². The zero-order valence-corrected chi connectivity index (χ0v) is 17.5. The molecule has 3 aromatic carbocycles. The highest BCUT2D eigenvalue weighted by Gasteiger charge is 2.33. The van der Waals surface area contributed by atoms with Gasteiger partial charge in [0.05, 0.1) is 16.7 Å². The summed E-state index contributed by atoms with van der Waals surface area (Å²) in [6, 6.07) is 22.0. The molecular formula is C22H21N3O5S. The number of sulfonamides is 1. The summed E-state index contributed by atoms with van der Waals surface area (Å²) in [4.78, 5) is 22.9. The number of para-hydroxylation sites is 2. The van der Waals surface area contributed by atoms with E-state index in [4.69, 9.17) is 0 Å². The maximum absolute atomic E-state index is 13.4. The van der Waals surface area contributed by atoms with E-state index in [0.29, 0.717) is 0 Å². The summed E-state index contributed by atoms with van der Waals surface area (Å²) in [7, 11) is -4.39. The van der Waals surface area contributed by atoms with Crippen molar-refractivity contribution in [2.75, 3.05) is 10.8 Å². The number of nitrogens with one attached hydrogen (secondary N) is 1. The van der Waals surface area contributed by atoms with Gasteiger partial charge >= 0.3 is 0 Å². The number of amides is 1. The SMILES string of the molecule is C[C@H](NC(=O)CN(c1ccccc1)S(=O)(=O)c1ccccc1[N+](=O)[O-])c1ccccc1. The number of nitro benzene ring substituents is 1. The summed E-state index contributed by atoms with van der Waals surface area (Å²) in [5.41, 5.74) is 0.535. The second-order valence-electron chi connectivity index (χ2n) is 6.77. The Kier molecular flexibility index (Phi) is 6.66. The smallest absolute Gasteiger partial charge is 0.289 e. The standard InChI is InChI=1S/C22H21N3O5S/c1-17(18-10-4-2-5-11-18)23-22(26)16-24(19-12-6-3-7-13-19)31(29,30)21-15-9-8-14-20(21)25(27)28/h2-15,17H,16H2,1H3,(H,23,26)/t17-/m0/s1. The van der Waals surface area contributed by atoms with Crippen LogP contribution >= 0.6 is 0 Å². The van der Waals surface area contributed by atoms with E-state index in [0.717, 1.165) is 22.0 Å². The van der Waals surface area contributed by atoms with Gasteiger partial charge < -0.3 is 5.32 Å². The molecule has 0 fully saturated rings. The fourth-order valence-corrected chi connectivity index (χ4v) is 4.68. The van der Waals surface area contributed by atoms with Gasteiger partial charge in [-0.05, 0) is 30.7 Å². The molecule has 9 heteroatoms. The molecule has 0 aliphatic heterocycles. The van der Waals surface area contributed by atoms with Crippen molar-refractivity contribution >= 4 is 27.3 Å². The van der Waals surface area contributed by atoms with Crippen LogP contribution in [0.3, 0.4) is 0 Å². The van der Waals surface area contributed by atoms with E-state index in [1.54, 1.807) is 25.1 Å². The van der Waals surface area contributed by atoms with E-state index in [-0.39, 0.29) is 11.7 Å². The van der Waals surface area contributed by atoms with E-state index in [1.807, 2.05) is 30.3 Å². The van der Waals surface area contributed by atoms with Crippen LogP contribution in [0.15, 0.2) is 89.8 Å². The average molecular weight is 439 g/mol. The van der Waals surface area contributed by atoms with Crippen LogP contribution in [0.25, 0.3) is 0 Å². The van der Waals surface area contributed by atoms with Crippen LogP contribution in [-0.2, 0) is 14.8 Å². The molecule has 0 aliphatic rings. The summed E-state index contributed by atoms with van der Waals surface area (Å²) in [6.07, 6.45) is 0. The molecule has 0 heterocycles. The first-order valence-corrected chi connectivity index (χ1v) is 10.9. The van der Waals surface area contributed by atoms with Gasteiger partial charge in [-0.15, -0.1) is 0 Å². The van der Waals surface area contributed by atoms with Crippen molar-refractivity contribution in [3.63, 3.8) is 0 Å². The lowest BCUT2D eigenvalue weighted by molar-refractivity contribution is -0.387. The fraction of sp³-hybridized carbons (Fsp3) is 0.136. The minimum Gasteiger partial charge on any atom is -0.348 e. The van der Waals surface area contributed by atoms with Gasteiger partial charge in [-0.2, -0.15) is 0 Å². The number of carbonyl (C=O) groups is 1. The van der Waals surface area contributed by atoms with E-state index in [2.05, 4.69) is 5.32 Å². The van der Waals surface area contributed by atoms with E-state index >= 15 is 0 Å². The molecule has 0 saturated carbocycles. The Balaban J connectivity index is 1.95. The minimum atomic E-state index is -4.39. The zero-order chi connectivity index (χ0) is 22.4. The van der Waals surface area contributed by atoms with Crippen LogP contribution in [0.1, 0.15) is 18.5 Å². The molecule has 160 valence electrons. The van der Waals surface area contributed by atoms with Crippen molar-refractivity contribution in [3.05, 3.63) is 101 Å². The predicted octanol–water partition coefficient (Wildman–Crippen LogP) is 3.67. The number of hydrogen-bond donors (Lipinski definition) is 1. The lowest BCUT2D eigenvalue weighted by Crippen LogP contribution is -2.41. The second-order valence-corrected chi connectivity index (χ2v) is 8.60. The van der Waals surface area contributed by atoms with Crippen molar-refractivity contribution in [1.82, 2.24) is 5.32 Å². The first-order valence-electron chi connectivity index (χ1n) is 9.46. The maximum Gasteiger partial charge on any atom is 0.289 e. The van der Waals surface area contributed by atoms with Crippen molar-refractivity contribution in [1.29, 1.82) is 0 Å². The average Bonchev–Trinajstić information content (AvgIpc) is 2.78. The van der Waals surface area contributed by atoms with Crippen LogP contribution in [0.2, 0.25) is 0 Å². The third-order valence-corrected chi connectivity index (χ3v) is 6.46. The van der Waals surface area contributed by atoms with Gasteiger partial charge in [-0.3, -0.25) is 19.2 Å². The molecular weight excluding hydrogens is 418 g/mol. The summed E-state index contributed by atoms with van der Waals surface area (Å²) < 4.78 is 27.7. The highest BCUT2D eigenvalue weighted by molar-refractivity contribution is 7.93. The molecule has 8 nitrogen and oxygen atoms in total. The summed E-state index contributed by atoms with van der Waals surface area (Å²) in [5, 5.41) is 14.2. The van der Waals surface area contributed by atoms with Crippen molar-refractivity contribution < 1.29 is 18.1 Å². The van der Waals surface area contributed by atoms with E-state index < -0.39 is 38.0 Å². The molecule has 0 radical (unpaired) electrons. The van der Waals surface area contributed by atoms with Gasteiger partial charge in [-0.1, -0.05) is 60.7 Å². The van der Waals surface area contributed by atoms with Crippen LogP contribution < -0.4 is 9.62 Å². The first kappa shape index (κ1) is 22.0. The molecule has 1 atom stereocenters. The molecule has 0 aliphatic carbocycles. The Hall–Kier alpha value is -3.72. The zero-order valence-electron chi connectivity index (χ0n) is 16.7. The third kappa shape index (κ3) is 5.07. The highest BCUT2D eigenvalue weighted by atomic mass is 32.2. The monoisotopic (exact) mass is 439 g/mol. The van der Waals surface area contributed by atoms with Gasteiger partial charge in [0.2, 0.25) is 5.91 Å². The van der Waals surface area contributed by atoms with Crippen LogP contribution in [-0.4, -0.2) is 25.8 Å². The Labute approximate surface area is 180 Å². The van der Waals surface area contributed by atoms with E-state index in [1.165, 1.54) is 24.3 Å². The third-order valence-electron chi connectivity index (χ3n) is 4.64. The van der Waals surface area contributed by atoms with Gasteiger partial charge in [-0.25, -0.2) is 8.42 Å². The quantitative estimate of drug-likeness (QED) is 0.425. The van der Waals surface area contributed by atoms with Crippen LogP contribution in [0, 0.1) is 10.1 Å². The predicted molar refractivity (Wildman–Crippen MR) is 117 cm³/mol. The normalized spacial score (nSPS) is 12.0. The number of nitrogens with zero attached hydrogens (tertiary/aromatic N) is 2. The summed E-state index contributed by atoms with van der Waals surface area (Å²) in [5.74, 6) is -0.539. The fourth-order valence-electron chi connectivity index (χ4n) is 3.10. The Bertz CT molecular complexity index is 1170. The molecule has 0 saturated heterocycles. The molecule has 3 rings (SSSR count). The summed E-state index contributed by atoms with van der Waals surface area (Å²) >= 11 is 0. The molecule has 0 unspecified atom stereocenters. The maximum atomic E-state index is 13.4. The number of rotatable bonds is 8. The van der Waals surface area contributed by atoms with Crippen molar-refractivity contribution in [2.45, 2.75) is 17.9 Å². The molecule has 0 bridgehead atoms. The number of hydrogen-bond acceptors (Lipinski definition) is 5. The van der Waals surface area contributed by atoms with Gasteiger partial charge in [0.1, 0.15) is 6.54 Å². The topological polar surface area (TPSA) is 110 Å². The Morgan fingerprint density at radius 3 is 2.13 bits per heavy atom. The molecule has 0 spiro atoms. The molecule has 31 heavy (non-hydrogen) atoms. The first-order chi connectivity index (χ1) is 14.8. The lowest BCUT2D eigenvalue weighted by Gasteiger charge is -2.25. The molecule has 3 aromatic rings. The Morgan fingerprint density at radius 1 is 0.968 bits per heavy atom. The van der Waals surface area contributed by atoms with Crippen LogP contribution in [0.5, 0.6) is 0 Å². The Morgan fingerprint density at radius 2 is 1.52 bits per heavy atom. The number of carbonyl (C=O) groups excluding carboxylic acids is 1. The number of nitro groups is 1. The molecule has 1 N–H and O–H groups in total. The second kappa shape index (κ2) is 9.40. The van der Waals surface area contributed by atoms with Crippen molar-refractivity contribution in [3.8, 4) is 0 Å². The highest BCUT2D eigenvalue weighted by Crippen LogP contribution is 2.29. The van der Waals surface area contributed by atoms with Crippen molar-refractivity contribution in [2.24, 2.45) is 0 Å².